The molecule has 30 heavy (non-hydrogen) atoms. The van der Waals surface area contributed by atoms with E-state index in [0.29, 0.717) is 23.0 Å². The highest BCUT2D eigenvalue weighted by Gasteiger charge is 2.14. The van der Waals surface area contributed by atoms with Crippen LogP contribution in [0.15, 0.2) is 64.0 Å². The minimum Gasteiger partial charge on any atom is -0.463 e. The maximum atomic E-state index is 12.4. The van der Waals surface area contributed by atoms with Crippen molar-refractivity contribution in [2.24, 2.45) is 0 Å². The summed E-state index contributed by atoms with van der Waals surface area (Å²) in [6, 6.07) is 13.9. The predicted octanol–water partition coefficient (Wildman–Crippen LogP) is 3.91. The first kappa shape index (κ1) is 20.1. The lowest BCUT2D eigenvalue weighted by atomic mass is 10.2. The van der Waals surface area contributed by atoms with E-state index < -0.39 is 0 Å². The van der Waals surface area contributed by atoms with E-state index in [0.717, 1.165) is 25.8 Å². The third-order valence-electron chi connectivity index (χ3n) is 4.38. The number of hydrogen-bond donors (Lipinski definition) is 1. The van der Waals surface area contributed by atoms with Crippen LogP contribution in [0, 0.1) is 6.92 Å². The van der Waals surface area contributed by atoms with Crippen molar-refractivity contribution in [3.8, 4) is 22.0 Å². The number of rotatable bonds is 6. The van der Waals surface area contributed by atoms with E-state index in [1.54, 1.807) is 18.2 Å². The molecule has 0 fully saturated rings. The molecule has 7 nitrogen and oxygen atoms in total. The van der Waals surface area contributed by atoms with Gasteiger partial charge in [0.2, 0.25) is 5.91 Å². The topological polar surface area (TPSA) is 90.0 Å². The highest BCUT2D eigenvalue weighted by atomic mass is 35.5. The summed E-state index contributed by atoms with van der Waals surface area (Å²) in [5.74, 6) is 0.199. The summed E-state index contributed by atoms with van der Waals surface area (Å²) < 4.78 is 6.40. The molecule has 0 saturated carbocycles. The fraction of sp³-hybridized carbons (Fsp3) is 0.143. The molecule has 4 rings (SSSR count). The van der Waals surface area contributed by atoms with E-state index in [9.17, 15) is 9.59 Å². The van der Waals surface area contributed by atoms with Gasteiger partial charge in [-0.1, -0.05) is 29.8 Å². The normalized spacial score (nSPS) is 10.9. The number of hydrogen-bond acceptors (Lipinski definition) is 6. The lowest BCUT2D eigenvalue weighted by Crippen LogP contribution is -2.33. The Hall–Kier alpha value is -3.23. The summed E-state index contributed by atoms with van der Waals surface area (Å²) in [6.45, 7) is 2.00. The minimum atomic E-state index is -0.365. The number of aryl methyl sites for hydroxylation is 1. The second kappa shape index (κ2) is 8.64. The first-order chi connectivity index (χ1) is 14.5. The maximum Gasteiger partial charge on any atom is 0.267 e. The molecule has 0 aliphatic heterocycles. The van der Waals surface area contributed by atoms with Gasteiger partial charge in [-0.25, -0.2) is 9.67 Å². The zero-order valence-electron chi connectivity index (χ0n) is 16.0. The lowest BCUT2D eigenvalue weighted by Gasteiger charge is -2.07. The fourth-order valence-corrected chi connectivity index (χ4v) is 4.15. The Bertz CT molecular complexity index is 1250. The van der Waals surface area contributed by atoms with Gasteiger partial charge < -0.3 is 9.73 Å². The summed E-state index contributed by atoms with van der Waals surface area (Å²) in [5, 5.41) is 8.46. The van der Waals surface area contributed by atoms with Gasteiger partial charge in [0.25, 0.3) is 5.56 Å². The molecule has 0 aliphatic rings. The number of furan rings is 1. The molecule has 4 aromatic rings. The monoisotopic (exact) mass is 440 g/mol. The first-order valence-electron chi connectivity index (χ1n) is 9.11. The number of benzene rings is 1. The Morgan fingerprint density at radius 3 is 2.80 bits per heavy atom. The van der Waals surface area contributed by atoms with E-state index in [2.05, 4.69) is 15.4 Å². The standard InChI is InChI=1S/C21H17ClN4O3S/c1-13-18(30-21(24-13)14-5-2-3-6-15(14)22)11-23-19(27)12-26-20(28)9-8-16(25-26)17-7-4-10-29-17/h2-10H,11-12H2,1H3,(H,23,27). The minimum absolute atomic E-state index is 0.192. The van der Waals surface area contributed by atoms with Gasteiger partial charge in [0.15, 0.2) is 5.76 Å². The van der Waals surface area contributed by atoms with Crippen molar-refractivity contribution < 1.29 is 9.21 Å². The molecule has 3 heterocycles. The maximum absolute atomic E-state index is 12.4. The van der Waals surface area contributed by atoms with E-state index in [-0.39, 0.29) is 18.0 Å². The smallest absolute Gasteiger partial charge is 0.267 e. The van der Waals surface area contributed by atoms with Crippen LogP contribution in [0.4, 0.5) is 0 Å². The van der Waals surface area contributed by atoms with Gasteiger partial charge in [-0.2, -0.15) is 5.10 Å². The van der Waals surface area contributed by atoms with Crippen LogP contribution in [0.25, 0.3) is 22.0 Å². The largest absolute Gasteiger partial charge is 0.463 e. The molecule has 9 heteroatoms. The lowest BCUT2D eigenvalue weighted by molar-refractivity contribution is -0.122. The summed E-state index contributed by atoms with van der Waals surface area (Å²) in [5.41, 5.74) is 1.80. The number of aromatic nitrogens is 3. The first-order valence-corrected chi connectivity index (χ1v) is 10.3. The van der Waals surface area contributed by atoms with Crippen LogP contribution in [0.5, 0.6) is 0 Å². The Morgan fingerprint density at radius 2 is 2.03 bits per heavy atom. The number of nitrogens with one attached hydrogen (secondary N) is 1. The predicted molar refractivity (Wildman–Crippen MR) is 115 cm³/mol. The molecule has 0 unspecified atom stereocenters. The summed E-state index contributed by atoms with van der Waals surface area (Å²) in [4.78, 5) is 30.0. The third kappa shape index (κ3) is 4.34. The second-order valence-corrected chi connectivity index (χ2v) is 7.97. The highest BCUT2D eigenvalue weighted by molar-refractivity contribution is 7.15. The number of thiazole rings is 1. The average molecular weight is 441 g/mol. The van der Waals surface area contributed by atoms with Crippen molar-refractivity contribution >= 4 is 28.8 Å². The molecule has 3 aromatic heterocycles. The molecule has 1 N–H and O–H groups in total. The van der Waals surface area contributed by atoms with Crippen LogP contribution in [0.1, 0.15) is 10.6 Å². The molecule has 0 spiro atoms. The van der Waals surface area contributed by atoms with Crippen molar-refractivity contribution in [3.05, 3.63) is 80.7 Å². The quantitative estimate of drug-likeness (QED) is 0.491. The molecule has 152 valence electrons. The molecule has 0 saturated heterocycles. The van der Waals surface area contributed by atoms with Gasteiger partial charge in [0, 0.05) is 16.5 Å². The van der Waals surface area contributed by atoms with E-state index in [1.807, 2.05) is 31.2 Å². The molecule has 0 atom stereocenters. The molecular formula is C21H17ClN4O3S. The number of carbonyl (C=O) groups is 1. The van der Waals surface area contributed by atoms with Crippen LogP contribution in [-0.2, 0) is 17.9 Å². The van der Waals surface area contributed by atoms with E-state index in [4.69, 9.17) is 16.0 Å². The van der Waals surface area contributed by atoms with E-state index >= 15 is 0 Å². The Labute approximate surface area is 181 Å². The highest BCUT2D eigenvalue weighted by Crippen LogP contribution is 2.32. The fourth-order valence-electron chi connectivity index (χ4n) is 2.83. The van der Waals surface area contributed by atoms with Crippen LogP contribution >= 0.6 is 22.9 Å². The van der Waals surface area contributed by atoms with Gasteiger partial charge in [-0.05, 0) is 31.2 Å². The molecule has 1 amide bonds. The summed E-state index contributed by atoms with van der Waals surface area (Å²) in [6.07, 6.45) is 1.52. The van der Waals surface area contributed by atoms with Gasteiger partial charge >= 0.3 is 0 Å². The van der Waals surface area contributed by atoms with E-state index in [1.165, 1.54) is 23.7 Å². The molecular weight excluding hydrogens is 424 g/mol. The van der Waals surface area contributed by atoms with Gasteiger partial charge in [0.1, 0.15) is 17.2 Å². The van der Waals surface area contributed by atoms with Crippen LogP contribution in [0.3, 0.4) is 0 Å². The van der Waals surface area contributed by atoms with Crippen molar-refractivity contribution in [1.29, 1.82) is 0 Å². The van der Waals surface area contributed by atoms with Crippen molar-refractivity contribution in [1.82, 2.24) is 20.1 Å². The zero-order chi connectivity index (χ0) is 21.1. The Morgan fingerprint density at radius 1 is 1.20 bits per heavy atom. The van der Waals surface area contributed by atoms with Gasteiger partial charge in [-0.15, -0.1) is 11.3 Å². The van der Waals surface area contributed by atoms with Crippen molar-refractivity contribution in [2.75, 3.05) is 0 Å². The van der Waals surface area contributed by atoms with Crippen LogP contribution in [-0.4, -0.2) is 20.7 Å². The Kier molecular flexibility index (Phi) is 5.78. The molecule has 0 radical (unpaired) electrons. The SMILES string of the molecule is Cc1nc(-c2ccccc2Cl)sc1CNC(=O)Cn1nc(-c2ccco2)ccc1=O. The third-order valence-corrected chi connectivity index (χ3v) is 5.90. The zero-order valence-corrected chi connectivity index (χ0v) is 17.5. The van der Waals surface area contributed by atoms with Crippen molar-refractivity contribution in [3.63, 3.8) is 0 Å². The average Bonchev–Trinajstić information content (AvgIpc) is 3.39. The number of halogens is 1. The molecule has 0 aliphatic carbocycles. The number of nitrogens with zero attached hydrogens (tertiary/aromatic N) is 3. The summed E-state index contributed by atoms with van der Waals surface area (Å²) in [7, 11) is 0. The molecule has 1 aromatic carbocycles. The van der Waals surface area contributed by atoms with Crippen LogP contribution < -0.4 is 10.9 Å². The summed E-state index contributed by atoms with van der Waals surface area (Å²) >= 11 is 7.73. The molecule has 0 bridgehead atoms. The van der Waals surface area contributed by atoms with Gasteiger partial charge in [0.05, 0.1) is 23.5 Å². The van der Waals surface area contributed by atoms with Crippen LogP contribution in [0.2, 0.25) is 5.02 Å². The number of amides is 1. The number of carbonyl (C=O) groups excluding carboxylic acids is 1. The Balaban J connectivity index is 1.44. The second-order valence-electron chi connectivity index (χ2n) is 6.48. The van der Waals surface area contributed by atoms with Crippen molar-refractivity contribution in [2.45, 2.75) is 20.0 Å². The van der Waals surface area contributed by atoms with Gasteiger partial charge in [-0.3, -0.25) is 9.59 Å².